The number of likely N-dealkylation sites (tertiary alicyclic amines) is 1. The van der Waals surface area contributed by atoms with Crippen LogP contribution in [0.2, 0.25) is 0 Å². The fraction of sp³-hybridized carbons (Fsp3) is 0.600. The van der Waals surface area contributed by atoms with Crippen LogP contribution in [0.25, 0.3) is 0 Å². The van der Waals surface area contributed by atoms with Crippen molar-refractivity contribution in [3.8, 4) is 0 Å². The van der Waals surface area contributed by atoms with Gasteiger partial charge < -0.3 is 5.73 Å². The van der Waals surface area contributed by atoms with E-state index < -0.39 is 0 Å². The Bertz CT molecular complexity index is 423. The molecule has 19 heavy (non-hydrogen) atoms. The van der Waals surface area contributed by atoms with Crippen molar-refractivity contribution < 1.29 is 4.39 Å². The SMILES string of the molecule is CC(c1ccc(F)cc1Br)N1CCCCC1CCN. The highest BCUT2D eigenvalue weighted by atomic mass is 79.9. The topological polar surface area (TPSA) is 29.3 Å². The summed E-state index contributed by atoms with van der Waals surface area (Å²) in [6, 6.07) is 5.84. The summed E-state index contributed by atoms with van der Waals surface area (Å²) in [6.45, 7) is 4.04. The molecule has 106 valence electrons. The van der Waals surface area contributed by atoms with Crippen molar-refractivity contribution in [2.75, 3.05) is 13.1 Å². The summed E-state index contributed by atoms with van der Waals surface area (Å²) in [4.78, 5) is 2.52. The molecule has 2 unspecified atom stereocenters. The van der Waals surface area contributed by atoms with E-state index in [9.17, 15) is 4.39 Å². The molecule has 4 heteroatoms. The van der Waals surface area contributed by atoms with Gasteiger partial charge in [0.15, 0.2) is 0 Å². The molecule has 0 saturated carbocycles. The van der Waals surface area contributed by atoms with Gasteiger partial charge in [-0.05, 0) is 57.0 Å². The average Bonchev–Trinajstić information content (AvgIpc) is 2.39. The normalized spacial score (nSPS) is 22.4. The van der Waals surface area contributed by atoms with Gasteiger partial charge >= 0.3 is 0 Å². The third-order valence-corrected chi connectivity index (χ3v) is 4.77. The van der Waals surface area contributed by atoms with E-state index in [0.29, 0.717) is 12.1 Å². The van der Waals surface area contributed by atoms with Gasteiger partial charge in [0, 0.05) is 16.6 Å². The Hall–Kier alpha value is -0.450. The van der Waals surface area contributed by atoms with Gasteiger partial charge in [0.05, 0.1) is 0 Å². The highest BCUT2D eigenvalue weighted by Crippen LogP contribution is 2.33. The fourth-order valence-electron chi connectivity index (χ4n) is 3.05. The number of hydrogen-bond acceptors (Lipinski definition) is 2. The Kier molecular flexibility index (Phi) is 5.37. The lowest BCUT2D eigenvalue weighted by atomic mass is 9.95. The number of rotatable bonds is 4. The molecule has 1 saturated heterocycles. The summed E-state index contributed by atoms with van der Waals surface area (Å²) in [5.74, 6) is -0.194. The van der Waals surface area contributed by atoms with Crippen molar-refractivity contribution in [3.63, 3.8) is 0 Å². The van der Waals surface area contributed by atoms with Gasteiger partial charge in [-0.3, -0.25) is 4.90 Å². The van der Waals surface area contributed by atoms with Crippen molar-refractivity contribution in [2.45, 2.75) is 44.7 Å². The number of hydrogen-bond donors (Lipinski definition) is 1. The highest BCUT2D eigenvalue weighted by molar-refractivity contribution is 9.10. The molecule has 2 atom stereocenters. The van der Waals surface area contributed by atoms with Crippen LogP contribution in [-0.4, -0.2) is 24.0 Å². The zero-order chi connectivity index (χ0) is 13.8. The molecule has 1 aromatic carbocycles. The molecular weight excluding hydrogens is 307 g/mol. The van der Waals surface area contributed by atoms with Gasteiger partial charge in [-0.2, -0.15) is 0 Å². The van der Waals surface area contributed by atoms with Crippen molar-refractivity contribution >= 4 is 15.9 Å². The first-order valence-electron chi connectivity index (χ1n) is 7.04. The minimum Gasteiger partial charge on any atom is -0.330 e. The molecule has 1 aromatic rings. The number of halogens is 2. The van der Waals surface area contributed by atoms with Crippen molar-refractivity contribution in [1.82, 2.24) is 4.90 Å². The van der Waals surface area contributed by atoms with Crippen molar-refractivity contribution in [1.29, 1.82) is 0 Å². The second-order valence-corrected chi connectivity index (χ2v) is 6.16. The molecule has 0 spiro atoms. The first-order chi connectivity index (χ1) is 9.13. The Labute approximate surface area is 123 Å². The molecule has 0 amide bonds. The van der Waals surface area contributed by atoms with Crippen LogP contribution in [0, 0.1) is 5.82 Å². The Morgan fingerprint density at radius 2 is 2.26 bits per heavy atom. The van der Waals surface area contributed by atoms with Crippen LogP contribution in [0.15, 0.2) is 22.7 Å². The quantitative estimate of drug-likeness (QED) is 0.909. The van der Waals surface area contributed by atoms with E-state index in [0.717, 1.165) is 29.5 Å². The molecule has 2 nitrogen and oxygen atoms in total. The highest BCUT2D eigenvalue weighted by Gasteiger charge is 2.27. The standard InChI is InChI=1S/C15H22BrFN2/c1-11(14-6-5-12(17)10-15(14)16)19-9-3-2-4-13(19)7-8-18/h5-6,10-11,13H,2-4,7-9,18H2,1H3. The molecule has 0 bridgehead atoms. The van der Waals surface area contributed by atoms with Crippen LogP contribution >= 0.6 is 15.9 Å². The van der Waals surface area contributed by atoms with E-state index in [4.69, 9.17) is 5.73 Å². The smallest absolute Gasteiger partial charge is 0.124 e. The molecule has 1 fully saturated rings. The maximum Gasteiger partial charge on any atom is 0.124 e. The molecule has 0 aliphatic carbocycles. The fourth-order valence-corrected chi connectivity index (χ4v) is 3.74. The predicted molar refractivity (Wildman–Crippen MR) is 80.5 cm³/mol. The van der Waals surface area contributed by atoms with Crippen LogP contribution in [0.3, 0.4) is 0 Å². The summed E-state index contributed by atoms with van der Waals surface area (Å²) in [7, 11) is 0. The minimum absolute atomic E-state index is 0.194. The lowest BCUT2D eigenvalue weighted by Gasteiger charge is -2.40. The Morgan fingerprint density at radius 1 is 1.47 bits per heavy atom. The molecular formula is C15H22BrFN2. The molecule has 0 radical (unpaired) electrons. The lowest BCUT2D eigenvalue weighted by Crippen LogP contribution is -2.42. The van der Waals surface area contributed by atoms with E-state index in [1.165, 1.54) is 19.3 Å². The Morgan fingerprint density at radius 3 is 2.95 bits per heavy atom. The second-order valence-electron chi connectivity index (χ2n) is 5.31. The molecule has 1 aliphatic rings. The summed E-state index contributed by atoms with van der Waals surface area (Å²) in [6.07, 6.45) is 4.80. The minimum atomic E-state index is -0.194. The van der Waals surface area contributed by atoms with Gasteiger partial charge in [-0.25, -0.2) is 4.39 Å². The molecule has 2 rings (SSSR count). The largest absolute Gasteiger partial charge is 0.330 e. The number of benzene rings is 1. The predicted octanol–water partition coefficient (Wildman–Crippen LogP) is 3.85. The van der Waals surface area contributed by atoms with Gasteiger partial charge in [-0.15, -0.1) is 0 Å². The molecule has 2 N–H and O–H groups in total. The maximum atomic E-state index is 13.2. The third kappa shape index (κ3) is 3.56. The zero-order valence-corrected chi connectivity index (χ0v) is 13.0. The van der Waals surface area contributed by atoms with Gasteiger partial charge in [0.25, 0.3) is 0 Å². The summed E-state index contributed by atoms with van der Waals surface area (Å²) < 4.78 is 14.0. The van der Waals surface area contributed by atoms with E-state index in [-0.39, 0.29) is 5.82 Å². The van der Waals surface area contributed by atoms with E-state index in [1.807, 2.05) is 6.07 Å². The molecule has 1 aliphatic heterocycles. The summed E-state index contributed by atoms with van der Waals surface area (Å²) in [5.41, 5.74) is 6.88. The van der Waals surface area contributed by atoms with Crippen LogP contribution in [0.5, 0.6) is 0 Å². The first-order valence-corrected chi connectivity index (χ1v) is 7.83. The monoisotopic (exact) mass is 328 g/mol. The van der Waals surface area contributed by atoms with Gasteiger partial charge in [0.2, 0.25) is 0 Å². The maximum absolute atomic E-state index is 13.2. The van der Waals surface area contributed by atoms with Crippen molar-refractivity contribution in [2.24, 2.45) is 5.73 Å². The number of piperidine rings is 1. The van der Waals surface area contributed by atoms with E-state index >= 15 is 0 Å². The number of nitrogens with zero attached hydrogens (tertiary/aromatic N) is 1. The van der Waals surface area contributed by atoms with Crippen LogP contribution in [0.1, 0.15) is 44.2 Å². The zero-order valence-electron chi connectivity index (χ0n) is 11.4. The first kappa shape index (κ1) is 14.9. The van der Waals surface area contributed by atoms with Gasteiger partial charge in [0.1, 0.15) is 5.82 Å². The molecule has 1 heterocycles. The lowest BCUT2D eigenvalue weighted by molar-refractivity contribution is 0.0980. The second kappa shape index (κ2) is 6.82. The van der Waals surface area contributed by atoms with Crippen LogP contribution in [-0.2, 0) is 0 Å². The Balaban J connectivity index is 2.18. The van der Waals surface area contributed by atoms with Gasteiger partial charge in [-0.1, -0.05) is 28.4 Å². The third-order valence-electron chi connectivity index (χ3n) is 4.08. The number of nitrogens with two attached hydrogens (primary N) is 1. The van der Waals surface area contributed by atoms with Crippen LogP contribution < -0.4 is 5.73 Å². The van der Waals surface area contributed by atoms with E-state index in [2.05, 4.69) is 27.8 Å². The average molecular weight is 329 g/mol. The summed E-state index contributed by atoms with van der Waals surface area (Å²) in [5, 5.41) is 0. The summed E-state index contributed by atoms with van der Waals surface area (Å²) >= 11 is 3.48. The van der Waals surface area contributed by atoms with Crippen molar-refractivity contribution in [3.05, 3.63) is 34.1 Å². The van der Waals surface area contributed by atoms with E-state index in [1.54, 1.807) is 12.1 Å². The van der Waals surface area contributed by atoms with Crippen LogP contribution in [0.4, 0.5) is 4.39 Å². The molecule has 0 aromatic heterocycles.